The Labute approximate surface area is 194 Å². The largest absolute Gasteiger partial charge is 0.508 e. The summed E-state index contributed by atoms with van der Waals surface area (Å²) >= 11 is 0. The van der Waals surface area contributed by atoms with Crippen LogP contribution in [0.1, 0.15) is 21.5 Å². The molecule has 3 aromatic carbocycles. The summed E-state index contributed by atoms with van der Waals surface area (Å²) in [5.41, 5.74) is -0.450. The van der Waals surface area contributed by atoms with Gasteiger partial charge in [0.1, 0.15) is 17.2 Å². The first-order valence-corrected chi connectivity index (χ1v) is 10.7. The van der Waals surface area contributed by atoms with E-state index in [9.17, 15) is 28.2 Å². The second-order valence-electron chi connectivity index (χ2n) is 8.55. The maximum atomic E-state index is 14.6. The van der Waals surface area contributed by atoms with E-state index in [0.29, 0.717) is 12.1 Å². The normalized spacial score (nSPS) is 14.6. The number of nitrogens with one attached hydrogen (secondary N) is 2. The molecule has 0 aliphatic carbocycles. The number of rotatable bonds is 7. The number of carbonyl (C=O) groups excluding carboxylic acids is 1. The lowest BCUT2D eigenvalue weighted by molar-refractivity contribution is -0.0787. The Kier molecular flexibility index (Phi) is 6.49. The van der Waals surface area contributed by atoms with Crippen LogP contribution in [0, 0.1) is 24.4 Å². The van der Waals surface area contributed by atoms with E-state index < -0.39 is 34.6 Å². The number of phenolic OH excluding ortho intramolecular Hbond substituents is 1. The van der Waals surface area contributed by atoms with Crippen molar-refractivity contribution in [1.82, 2.24) is 10.2 Å². The smallest absolute Gasteiger partial charge is 0.256 e. The van der Waals surface area contributed by atoms with Gasteiger partial charge in [0.2, 0.25) is 0 Å². The molecular formula is C25H24F3N3O3. The summed E-state index contributed by atoms with van der Waals surface area (Å²) < 4.78 is 42.8. The van der Waals surface area contributed by atoms with Gasteiger partial charge in [0.25, 0.3) is 5.91 Å². The number of likely N-dealkylation sites (tertiary alicyclic amines) is 1. The molecule has 3 aromatic rings. The molecule has 1 saturated heterocycles. The number of aromatic hydroxyl groups is 1. The van der Waals surface area contributed by atoms with E-state index in [1.54, 1.807) is 31.2 Å². The van der Waals surface area contributed by atoms with Crippen molar-refractivity contribution >= 4 is 17.3 Å². The van der Waals surface area contributed by atoms with Gasteiger partial charge in [0.05, 0.1) is 30.0 Å². The molecule has 0 atom stereocenters. The van der Waals surface area contributed by atoms with E-state index in [1.807, 2.05) is 6.07 Å². The molecule has 6 nitrogen and oxygen atoms in total. The van der Waals surface area contributed by atoms with Crippen LogP contribution in [0.3, 0.4) is 0 Å². The minimum Gasteiger partial charge on any atom is -0.508 e. The maximum Gasteiger partial charge on any atom is 0.256 e. The van der Waals surface area contributed by atoms with Crippen molar-refractivity contribution in [3.8, 4) is 5.75 Å². The number of aliphatic hydroxyl groups is 1. The number of anilines is 2. The van der Waals surface area contributed by atoms with E-state index in [0.717, 1.165) is 17.7 Å². The number of benzene rings is 3. The van der Waals surface area contributed by atoms with Crippen LogP contribution < -0.4 is 10.6 Å². The van der Waals surface area contributed by atoms with Crippen LogP contribution in [0.5, 0.6) is 5.75 Å². The standard InChI is InChI=1S/C25H24F3N3O3/c1-15-5-8-21(20(27)9-15)30-23-18(6-7-19(26)22(23)28)24(33)31-13-25(34,14-31)12-29-11-16-3-2-4-17(32)10-16/h2-10,29-30,32,34H,11-14H2,1H3. The van der Waals surface area contributed by atoms with Crippen molar-refractivity contribution in [2.75, 3.05) is 25.0 Å². The second kappa shape index (κ2) is 9.36. The van der Waals surface area contributed by atoms with Crippen LogP contribution in [0.25, 0.3) is 0 Å². The molecule has 1 heterocycles. The lowest BCUT2D eigenvalue weighted by Crippen LogP contribution is -2.67. The van der Waals surface area contributed by atoms with Crippen LogP contribution in [0.15, 0.2) is 54.6 Å². The fraction of sp³-hybridized carbons (Fsp3) is 0.240. The molecule has 0 radical (unpaired) electrons. The Morgan fingerprint density at radius 2 is 1.82 bits per heavy atom. The van der Waals surface area contributed by atoms with Crippen molar-refractivity contribution in [3.63, 3.8) is 0 Å². The Morgan fingerprint density at radius 3 is 2.53 bits per heavy atom. The quantitative estimate of drug-likeness (QED) is 0.421. The highest BCUT2D eigenvalue weighted by Crippen LogP contribution is 2.31. The summed E-state index contributed by atoms with van der Waals surface area (Å²) in [4.78, 5) is 14.3. The number of carbonyl (C=O) groups is 1. The first kappa shape index (κ1) is 23.6. The summed E-state index contributed by atoms with van der Waals surface area (Å²) in [6.07, 6.45) is 0. The Morgan fingerprint density at radius 1 is 1.06 bits per heavy atom. The monoisotopic (exact) mass is 471 g/mol. The van der Waals surface area contributed by atoms with Gasteiger partial charge in [-0.3, -0.25) is 4.79 Å². The van der Waals surface area contributed by atoms with Crippen LogP contribution in [-0.2, 0) is 6.54 Å². The van der Waals surface area contributed by atoms with Crippen molar-refractivity contribution in [3.05, 3.63) is 88.7 Å². The van der Waals surface area contributed by atoms with Gasteiger partial charge in [-0.1, -0.05) is 18.2 Å². The number of amides is 1. The van der Waals surface area contributed by atoms with Gasteiger partial charge in [-0.05, 0) is 54.4 Å². The Bertz CT molecular complexity index is 1230. The molecule has 4 rings (SSSR count). The number of halogens is 3. The molecule has 178 valence electrons. The molecule has 0 unspecified atom stereocenters. The fourth-order valence-electron chi connectivity index (χ4n) is 3.90. The molecular weight excluding hydrogens is 447 g/mol. The zero-order valence-electron chi connectivity index (χ0n) is 18.4. The van der Waals surface area contributed by atoms with Gasteiger partial charge in [-0.2, -0.15) is 0 Å². The lowest BCUT2D eigenvalue weighted by Gasteiger charge is -2.46. The summed E-state index contributed by atoms with van der Waals surface area (Å²) in [5, 5.41) is 25.8. The molecule has 34 heavy (non-hydrogen) atoms. The van der Waals surface area contributed by atoms with Gasteiger partial charge in [-0.15, -0.1) is 0 Å². The number of nitrogens with zero attached hydrogens (tertiary/aromatic N) is 1. The molecule has 1 amide bonds. The van der Waals surface area contributed by atoms with Crippen molar-refractivity contribution < 1.29 is 28.2 Å². The molecule has 0 bridgehead atoms. The molecule has 1 fully saturated rings. The zero-order valence-corrected chi connectivity index (χ0v) is 18.4. The van der Waals surface area contributed by atoms with Crippen molar-refractivity contribution in [2.45, 2.75) is 19.1 Å². The minimum atomic E-state index is -1.30. The number of phenols is 1. The summed E-state index contributed by atoms with van der Waals surface area (Å²) in [7, 11) is 0. The average Bonchev–Trinajstić information content (AvgIpc) is 2.76. The number of hydrogen-bond acceptors (Lipinski definition) is 5. The van der Waals surface area contributed by atoms with Crippen molar-refractivity contribution in [1.29, 1.82) is 0 Å². The van der Waals surface area contributed by atoms with E-state index in [-0.39, 0.29) is 36.6 Å². The molecule has 0 spiro atoms. The average molecular weight is 471 g/mol. The van der Waals surface area contributed by atoms with Gasteiger partial charge in [0, 0.05) is 13.1 Å². The maximum absolute atomic E-state index is 14.6. The zero-order chi connectivity index (χ0) is 24.5. The number of β-amino-alcohol motifs (C(OH)–C–C–N with tert-alkyl or cyclic N) is 1. The van der Waals surface area contributed by atoms with Crippen LogP contribution in [0.2, 0.25) is 0 Å². The van der Waals surface area contributed by atoms with Crippen LogP contribution in [0.4, 0.5) is 24.5 Å². The third-order valence-electron chi connectivity index (χ3n) is 5.66. The van der Waals surface area contributed by atoms with E-state index in [4.69, 9.17) is 0 Å². The van der Waals surface area contributed by atoms with Gasteiger partial charge in [-0.25, -0.2) is 13.2 Å². The van der Waals surface area contributed by atoms with Crippen molar-refractivity contribution in [2.24, 2.45) is 0 Å². The number of hydrogen-bond donors (Lipinski definition) is 4. The predicted molar refractivity (Wildman–Crippen MR) is 121 cm³/mol. The Balaban J connectivity index is 1.43. The third kappa shape index (κ3) is 5.00. The first-order chi connectivity index (χ1) is 16.1. The fourth-order valence-corrected chi connectivity index (χ4v) is 3.90. The van der Waals surface area contributed by atoms with E-state index in [2.05, 4.69) is 10.6 Å². The highest BCUT2D eigenvalue weighted by molar-refractivity contribution is 6.01. The van der Waals surface area contributed by atoms with Gasteiger partial charge < -0.3 is 25.7 Å². The summed E-state index contributed by atoms with van der Waals surface area (Å²) in [5.74, 6) is -3.62. The highest BCUT2D eigenvalue weighted by Gasteiger charge is 2.44. The molecule has 0 saturated carbocycles. The molecule has 0 aromatic heterocycles. The SMILES string of the molecule is Cc1ccc(Nc2c(C(=O)N3CC(O)(CNCc4cccc(O)c4)C3)ccc(F)c2F)c(F)c1. The highest BCUT2D eigenvalue weighted by atomic mass is 19.2. The minimum absolute atomic E-state index is 0.0177. The summed E-state index contributed by atoms with van der Waals surface area (Å²) in [6.45, 7) is 2.24. The molecule has 1 aliphatic heterocycles. The summed E-state index contributed by atoms with van der Waals surface area (Å²) in [6, 6.07) is 12.9. The topological polar surface area (TPSA) is 84.8 Å². The molecule has 1 aliphatic rings. The predicted octanol–water partition coefficient (Wildman–Crippen LogP) is 3.84. The van der Waals surface area contributed by atoms with Gasteiger partial charge >= 0.3 is 0 Å². The van der Waals surface area contributed by atoms with Crippen LogP contribution >= 0.6 is 0 Å². The second-order valence-corrected chi connectivity index (χ2v) is 8.55. The third-order valence-corrected chi connectivity index (χ3v) is 5.66. The molecule has 4 N–H and O–H groups in total. The first-order valence-electron chi connectivity index (χ1n) is 10.7. The Hall–Kier alpha value is -3.56. The van der Waals surface area contributed by atoms with E-state index in [1.165, 1.54) is 17.0 Å². The van der Waals surface area contributed by atoms with Gasteiger partial charge in [0.15, 0.2) is 11.6 Å². The molecule has 9 heteroatoms. The van der Waals surface area contributed by atoms with E-state index >= 15 is 0 Å². The van der Waals surface area contributed by atoms with Crippen LogP contribution in [-0.4, -0.2) is 46.3 Å². The number of aryl methyl sites for hydroxylation is 1. The lowest BCUT2D eigenvalue weighted by atomic mass is 9.92.